The molecular weight excluding hydrogens is 250 g/mol. The molecule has 1 aliphatic heterocycles. The quantitative estimate of drug-likeness (QED) is 0.651. The van der Waals surface area contributed by atoms with E-state index < -0.39 is 0 Å². The summed E-state index contributed by atoms with van der Waals surface area (Å²) in [5, 5.41) is 1.91. The van der Waals surface area contributed by atoms with Gasteiger partial charge in [0.2, 0.25) is 0 Å². The summed E-state index contributed by atoms with van der Waals surface area (Å²) < 4.78 is 0. The van der Waals surface area contributed by atoms with Crippen molar-refractivity contribution in [2.45, 2.75) is 35.6 Å². The van der Waals surface area contributed by atoms with Crippen LogP contribution in [0, 0.1) is 0 Å². The number of pyridine rings is 1. The Kier molecular flexibility index (Phi) is 4.73. The fourth-order valence-electron chi connectivity index (χ4n) is 1.96. The smallest absolute Gasteiger partial charge is 0.0601 e. The van der Waals surface area contributed by atoms with Crippen LogP contribution >= 0.6 is 23.5 Å². The molecule has 0 spiro atoms. The van der Waals surface area contributed by atoms with Gasteiger partial charge in [0.15, 0.2) is 0 Å². The summed E-state index contributed by atoms with van der Waals surface area (Å²) in [4.78, 5) is 4.17. The van der Waals surface area contributed by atoms with Gasteiger partial charge in [-0.2, -0.15) is 23.5 Å². The lowest BCUT2D eigenvalue weighted by Crippen LogP contribution is -2.40. The van der Waals surface area contributed by atoms with E-state index in [0.29, 0.717) is 10.5 Å². The zero-order chi connectivity index (χ0) is 12.3. The molecule has 0 aliphatic carbocycles. The van der Waals surface area contributed by atoms with Crippen molar-refractivity contribution in [3.63, 3.8) is 0 Å². The van der Waals surface area contributed by atoms with Gasteiger partial charge in [-0.25, -0.2) is 0 Å². The van der Waals surface area contributed by atoms with E-state index in [0.717, 1.165) is 11.0 Å². The highest BCUT2D eigenvalue weighted by Crippen LogP contribution is 2.40. The molecule has 1 aromatic heterocycles. The van der Waals surface area contributed by atoms with E-state index in [1.165, 1.54) is 5.56 Å². The first-order chi connectivity index (χ1) is 8.22. The van der Waals surface area contributed by atoms with Gasteiger partial charge in [-0.05, 0) is 11.6 Å². The second-order valence-electron chi connectivity index (χ2n) is 4.35. The van der Waals surface area contributed by atoms with E-state index in [9.17, 15) is 0 Å². The SMILES string of the molecule is CC1SCC(C(NN)c2cccnc2)SC1C. The maximum absolute atomic E-state index is 5.72. The molecule has 94 valence electrons. The van der Waals surface area contributed by atoms with E-state index in [1.54, 1.807) is 6.20 Å². The second-order valence-corrected chi connectivity index (χ2v) is 7.38. The standard InChI is InChI=1S/C12H19N3S2/c1-8-9(2)17-11(7-16-8)12(15-13)10-4-3-5-14-6-10/h3-6,8-9,11-12,15H,7,13H2,1-2H3. The lowest BCUT2D eigenvalue weighted by molar-refractivity contribution is 0.548. The first kappa shape index (κ1) is 13.2. The Labute approximate surface area is 111 Å². The van der Waals surface area contributed by atoms with E-state index >= 15 is 0 Å². The normalized spacial score (nSPS) is 31.1. The molecule has 3 nitrogen and oxygen atoms in total. The highest BCUT2D eigenvalue weighted by Gasteiger charge is 2.31. The molecule has 1 aromatic rings. The summed E-state index contributed by atoms with van der Waals surface area (Å²) in [6.45, 7) is 4.60. The fourth-order valence-corrected chi connectivity index (χ4v) is 5.06. The Balaban J connectivity index is 2.09. The molecule has 0 saturated carbocycles. The van der Waals surface area contributed by atoms with Crippen LogP contribution in [0.1, 0.15) is 25.5 Å². The van der Waals surface area contributed by atoms with Gasteiger partial charge in [0.25, 0.3) is 0 Å². The molecule has 17 heavy (non-hydrogen) atoms. The van der Waals surface area contributed by atoms with Gasteiger partial charge in [-0.1, -0.05) is 19.9 Å². The van der Waals surface area contributed by atoms with Crippen molar-refractivity contribution in [1.82, 2.24) is 10.4 Å². The summed E-state index contributed by atoms with van der Waals surface area (Å²) in [7, 11) is 0. The zero-order valence-electron chi connectivity index (χ0n) is 10.2. The van der Waals surface area contributed by atoms with Crippen LogP contribution in [0.5, 0.6) is 0 Å². The zero-order valence-corrected chi connectivity index (χ0v) is 11.8. The van der Waals surface area contributed by atoms with Gasteiger partial charge in [0.1, 0.15) is 0 Å². The summed E-state index contributed by atoms with van der Waals surface area (Å²) in [6, 6.07) is 4.24. The highest BCUT2D eigenvalue weighted by molar-refractivity contribution is 8.07. The van der Waals surface area contributed by atoms with Gasteiger partial charge >= 0.3 is 0 Å². The van der Waals surface area contributed by atoms with Gasteiger partial charge < -0.3 is 0 Å². The van der Waals surface area contributed by atoms with Crippen LogP contribution in [0.15, 0.2) is 24.5 Å². The first-order valence-corrected chi connectivity index (χ1v) is 7.84. The molecule has 0 aromatic carbocycles. The lowest BCUT2D eigenvalue weighted by Gasteiger charge is -2.35. The molecule has 5 heteroatoms. The molecule has 0 bridgehead atoms. The van der Waals surface area contributed by atoms with Crippen molar-refractivity contribution < 1.29 is 0 Å². The predicted octanol–water partition coefficient (Wildman–Crippen LogP) is 2.21. The lowest BCUT2D eigenvalue weighted by atomic mass is 10.1. The van der Waals surface area contributed by atoms with Gasteiger partial charge in [-0.15, -0.1) is 0 Å². The second kappa shape index (κ2) is 6.09. The number of rotatable bonds is 3. The Morgan fingerprint density at radius 3 is 2.88 bits per heavy atom. The third kappa shape index (κ3) is 3.16. The molecule has 1 aliphatic rings. The van der Waals surface area contributed by atoms with E-state index in [4.69, 9.17) is 5.84 Å². The molecule has 1 fully saturated rings. The first-order valence-electron chi connectivity index (χ1n) is 5.85. The Bertz CT molecular complexity index is 347. The Morgan fingerprint density at radius 1 is 1.47 bits per heavy atom. The maximum Gasteiger partial charge on any atom is 0.0601 e. The number of nitrogens with two attached hydrogens (primary N) is 1. The summed E-state index contributed by atoms with van der Waals surface area (Å²) in [5.41, 5.74) is 4.13. The van der Waals surface area contributed by atoms with Crippen LogP contribution in [-0.4, -0.2) is 26.5 Å². The van der Waals surface area contributed by atoms with Gasteiger partial charge in [-0.3, -0.25) is 16.3 Å². The van der Waals surface area contributed by atoms with Crippen LogP contribution in [0.4, 0.5) is 0 Å². The van der Waals surface area contributed by atoms with Crippen molar-refractivity contribution in [3.8, 4) is 0 Å². The minimum atomic E-state index is 0.191. The van der Waals surface area contributed by atoms with E-state index in [2.05, 4.69) is 30.3 Å². The minimum absolute atomic E-state index is 0.191. The molecule has 0 radical (unpaired) electrons. The molecule has 1 saturated heterocycles. The predicted molar refractivity (Wildman–Crippen MR) is 77.1 cm³/mol. The van der Waals surface area contributed by atoms with Gasteiger partial charge in [0.05, 0.1) is 6.04 Å². The number of hydrogen-bond acceptors (Lipinski definition) is 5. The number of hydrogen-bond donors (Lipinski definition) is 2. The van der Waals surface area contributed by atoms with Crippen LogP contribution < -0.4 is 11.3 Å². The van der Waals surface area contributed by atoms with Crippen molar-refractivity contribution in [1.29, 1.82) is 0 Å². The molecule has 2 heterocycles. The van der Waals surface area contributed by atoms with Crippen LogP contribution in [-0.2, 0) is 0 Å². The van der Waals surface area contributed by atoms with Crippen LogP contribution in [0.3, 0.4) is 0 Å². The topological polar surface area (TPSA) is 50.9 Å². The molecule has 0 amide bonds. The minimum Gasteiger partial charge on any atom is -0.271 e. The molecule has 4 atom stereocenters. The van der Waals surface area contributed by atoms with Crippen molar-refractivity contribution in [3.05, 3.63) is 30.1 Å². The Morgan fingerprint density at radius 2 is 2.29 bits per heavy atom. The maximum atomic E-state index is 5.72. The number of hydrazine groups is 1. The summed E-state index contributed by atoms with van der Waals surface area (Å²) in [6.07, 6.45) is 3.70. The number of thioether (sulfide) groups is 2. The fraction of sp³-hybridized carbons (Fsp3) is 0.583. The van der Waals surface area contributed by atoms with E-state index in [-0.39, 0.29) is 6.04 Å². The highest BCUT2D eigenvalue weighted by atomic mass is 32.2. The molecule has 3 N–H and O–H groups in total. The average Bonchev–Trinajstić information content (AvgIpc) is 2.36. The monoisotopic (exact) mass is 269 g/mol. The van der Waals surface area contributed by atoms with Crippen LogP contribution in [0.2, 0.25) is 0 Å². The summed E-state index contributed by atoms with van der Waals surface area (Å²) in [5.74, 6) is 6.85. The van der Waals surface area contributed by atoms with Gasteiger partial charge in [0, 0.05) is 33.9 Å². The average molecular weight is 269 g/mol. The largest absolute Gasteiger partial charge is 0.271 e. The van der Waals surface area contributed by atoms with Crippen molar-refractivity contribution in [2.24, 2.45) is 5.84 Å². The third-order valence-electron chi connectivity index (χ3n) is 3.17. The molecule has 4 unspecified atom stereocenters. The van der Waals surface area contributed by atoms with Crippen molar-refractivity contribution in [2.75, 3.05) is 5.75 Å². The summed E-state index contributed by atoms with van der Waals surface area (Å²) >= 11 is 4.07. The number of nitrogens with one attached hydrogen (secondary N) is 1. The Hall–Kier alpha value is -0.230. The molecular formula is C12H19N3S2. The van der Waals surface area contributed by atoms with Crippen LogP contribution in [0.25, 0.3) is 0 Å². The third-order valence-corrected chi connectivity index (χ3v) is 6.66. The number of aromatic nitrogens is 1. The molecule has 2 rings (SSSR count). The van der Waals surface area contributed by atoms with Crippen molar-refractivity contribution >= 4 is 23.5 Å². The number of nitrogens with zero attached hydrogens (tertiary/aromatic N) is 1. The van der Waals surface area contributed by atoms with E-state index in [1.807, 2.05) is 35.8 Å².